The van der Waals surface area contributed by atoms with Crippen LogP contribution in [-0.4, -0.2) is 24.5 Å². The van der Waals surface area contributed by atoms with Crippen LogP contribution in [0.25, 0.3) is 0 Å². The highest BCUT2D eigenvalue weighted by Crippen LogP contribution is 2.35. The second-order valence-corrected chi connectivity index (χ2v) is 7.40. The number of para-hydroxylation sites is 1. The zero-order valence-electron chi connectivity index (χ0n) is 17.6. The first kappa shape index (κ1) is 20.7. The van der Waals surface area contributed by atoms with Gasteiger partial charge in [-0.3, -0.25) is 4.79 Å². The monoisotopic (exact) mass is 420 g/mol. The van der Waals surface area contributed by atoms with E-state index in [4.69, 9.17) is 9.47 Å². The van der Waals surface area contributed by atoms with Gasteiger partial charge in [0.1, 0.15) is 30.1 Å². The summed E-state index contributed by atoms with van der Waals surface area (Å²) in [6, 6.07) is 19.3. The quantitative estimate of drug-likeness (QED) is 0.557. The first-order valence-electron chi connectivity index (χ1n) is 10.3. The predicted octanol–water partition coefficient (Wildman–Crippen LogP) is 5.39. The van der Waals surface area contributed by atoms with E-state index >= 15 is 0 Å². The Balaban J connectivity index is 1.64. The minimum Gasteiger partial charge on any atom is -0.496 e. The number of rotatable bonds is 7. The molecule has 0 bridgehead atoms. The highest BCUT2D eigenvalue weighted by atomic mass is 19.1. The second kappa shape index (κ2) is 9.08. The average Bonchev–Trinajstić information content (AvgIpc) is 2.80. The van der Waals surface area contributed by atoms with Crippen LogP contribution in [0.2, 0.25) is 0 Å². The fourth-order valence-electron chi connectivity index (χ4n) is 3.80. The lowest BCUT2D eigenvalue weighted by Gasteiger charge is -2.38. The molecular formula is C25H25FN2O3. The Hall–Kier alpha value is -3.54. The van der Waals surface area contributed by atoms with E-state index in [1.807, 2.05) is 47.4 Å². The highest BCUT2D eigenvalue weighted by Gasteiger charge is 2.32. The molecule has 1 aliphatic rings. The van der Waals surface area contributed by atoms with Gasteiger partial charge in [-0.15, -0.1) is 0 Å². The van der Waals surface area contributed by atoms with Crippen LogP contribution < -0.4 is 14.8 Å². The number of nitrogens with one attached hydrogen (secondary N) is 1. The molecule has 0 aromatic heterocycles. The van der Waals surface area contributed by atoms with E-state index in [2.05, 4.69) is 12.2 Å². The Kier molecular flexibility index (Phi) is 6.07. The molecule has 6 heteroatoms. The lowest BCUT2D eigenvalue weighted by molar-refractivity contribution is 0.0683. The zero-order valence-corrected chi connectivity index (χ0v) is 17.6. The molecule has 5 nitrogen and oxygen atoms in total. The van der Waals surface area contributed by atoms with Crippen LogP contribution in [0, 0.1) is 5.82 Å². The summed E-state index contributed by atoms with van der Waals surface area (Å²) >= 11 is 0. The van der Waals surface area contributed by atoms with E-state index in [0.717, 1.165) is 23.2 Å². The number of anilines is 1. The van der Waals surface area contributed by atoms with Crippen molar-refractivity contribution in [1.29, 1.82) is 0 Å². The molecule has 1 heterocycles. The molecule has 0 fully saturated rings. The zero-order chi connectivity index (χ0) is 21.8. The topological polar surface area (TPSA) is 50.8 Å². The van der Waals surface area contributed by atoms with Crippen molar-refractivity contribution in [1.82, 2.24) is 4.90 Å². The normalized spacial score (nSPS) is 15.3. The Labute approximate surface area is 181 Å². The van der Waals surface area contributed by atoms with Crippen LogP contribution in [0.3, 0.4) is 0 Å². The number of halogens is 1. The van der Waals surface area contributed by atoms with Gasteiger partial charge in [-0.2, -0.15) is 0 Å². The molecule has 1 amide bonds. The van der Waals surface area contributed by atoms with Crippen molar-refractivity contribution < 1.29 is 18.7 Å². The molecule has 0 aliphatic carbocycles. The Morgan fingerprint density at radius 2 is 1.84 bits per heavy atom. The summed E-state index contributed by atoms with van der Waals surface area (Å²) in [6.07, 6.45) is 0.556. The van der Waals surface area contributed by atoms with Gasteiger partial charge in [-0.25, -0.2) is 4.39 Å². The number of carbonyl (C=O) groups excluding carboxylic acids is 1. The van der Waals surface area contributed by atoms with Crippen molar-refractivity contribution in [3.63, 3.8) is 0 Å². The molecule has 4 rings (SSSR count). The van der Waals surface area contributed by atoms with Gasteiger partial charge < -0.3 is 19.7 Å². The van der Waals surface area contributed by atoms with Crippen molar-refractivity contribution >= 4 is 11.6 Å². The molecule has 1 unspecified atom stereocenters. The maximum atomic E-state index is 13.1. The van der Waals surface area contributed by atoms with Crippen LogP contribution in [0.4, 0.5) is 10.1 Å². The second-order valence-electron chi connectivity index (χ2n) is 7.40. The van der Waals surface area contributed by atoms with Gasteiger partial charge in [-0.05, 0) is 60.5 Å². The van der Waals surface area contributed by atoms with Gasteiger partial charge in [0.05, 0.1) is 12.7 Å². The third-order valence-electron chi connectivity index (χ3n) is 5.31. The third kappa shape index (κ3) is 4.33. The first-order valence-corrected chi connectivity index (χ1v) is 10.3. The summed E-state index contributed by atoms with van der Waals surface area (Å²) in [4.78, 5) is 15.0. The van der Waals surface area contributed by atoms with E-state index in [-0.39, 0.29) is 24.5 Å². The maximum Gasteiger partial charge on any atom is 0.257 e. The number of hydrogen-bond acceptors (Lipinski definition) is 4. The molecule has 0 spiro atoms. The number of hydrogen-bond donors (Lipinski definition) is 1. The average molecular weight is 420 g/mol. The number of benzene rings is 3. The molecule has 160 valence electrons. The minimum absolute atomic E-state index is 0.0149. The van der Waals surface area contributed by atoms with Crippen molar-refractivity contribution in [2.24, 2.45) is 0 Å². The van der Waals surface area contributed by atoms with E-state index in [9.17, 15) is 9.18 Å². The molecule has 0 saturated carbocycles. The molecule has 31 heavy (non-hydrogen) atoms. The molecule has 0 radical (unpaired) electrons. The Bertz CT molecular complexity index is 1070. The van der Waals surface area contributed by atoms with Crippen LogP contribution >= 0.6 is 0 Å². The van der Waals surface area contributed by atoms with Gasteiger partial charge in [-0.1, -0.05) is 25.1 Å². The van der Waals surface area contributed by atoms with Crippen LogP contribution in [0.15, 0.2) is 66.7 Å². The van der Waals surface area contributed by atoms with Crippen LogP contribution in [0.5, 0.6) is 11.5 Å². The number of methoxy groups -OCH3 is 1. The summed E-state index contributed by atoms with van der Waals surface area (Å²) in [5, 5.41) is 3.51. The van der Waals surface area contributed by atoms with E-state index in [0.29, 0.717) is 23.6 Å². The van der Waals surface area contributed by atoms with Crippen molar-refractivity contribution in [3.05, 3.63) is 89.2 Å². The summed E-state index contributed by atoms with van der Waals surface area (Å²) in [5.41, 5.74) is 3.29. The Morgan fingerprint density at radius 1 is 1.06 bits per heavy atom. The van der Waals surface area contributed by atoms with E-state index in [1.165, 1.54) is 12.1 Å². The summed E-state index contributed by atoms with van der Waals surface area (Å²) in [5.74, 6) is 0.967. The standard InChI is InChI=1S/C25H25FN2O3/c1-3-14-28-24(27-22-7-5-4-6-21(22)25(28)29)17-8-13-23(30-2)18(15-17)16-31-20-11-9-19(26)10-12-20/h4-13,15,24,27H,3,14,16H2,1-2H3. The van der Waals surface area contributed by atoms with Crippen LogP contribution in [0.1, 0.15) is 41.0 Å². The molecule has 3 aromatic rings. The highest BCUT2D eigenvalue weighted by molar-refractivity contribution is 6.01. The van der Waals surface area contributed by atoms with Gasteiger partial charge >= 0.3 is 0 Å². The fraction of sp³-hybridized carbons (Fsp3) is 0.240. The molecule has 1 N–H and O–H groups in total. The summed E-state index contributed by atoms with van der Waals surface area (Å²) in [7, 11) is 1.61. The number of carbonyl (C=O) groups is 1. The third-order valence-corrected chi connectivity index (χ3v) is 5.31. The van der Waals surface area contributed by atoms with Gasteiger partial charge in [0.25, 0.3) is 5.91 Å². The first-order chi connectivity index (χ1) is 15.1. The van der Waals surface area contributed by atoms with Gasteiger partial charge in [0, 0.05) is 17.8 Å². The maximum absolute atomic E-state index is 13.1. The molecule has 0 saturated heterocycles. The van der Waals surface area contributed by atoms with E-state index in [1.54, 1.807) is 19.2 Å². The molecule has 1 aliphatic heterocycles. The van der Waals surface area contributed by atoms with Gasteiger partial charge in [0.15, 0.2) is 0 Å². The summed E-state index contributed by atoms with van der Waals surface area (Å²) < 4.78 is 24.5. The molecular weight excluding hydrogens is 395 g/mol. The number of amides is 1. The summed E-state index contributed by atoms with van der Waals surface area (Å²) in [6.45, 7) is 2.95. The SMILES string of the molecule is CCCN1C(=O)c2ccccc2NC1c1ccc(OC)c(COc2ccc(F)cc2)c1. The largest absolute Gasteiger partial charge is 0.496 e. The number of ether oxygens (including phenoxy) is 2. The predicted molar refractivity (Wildman–Crippen MR) is 118 cm³/mol. The number of fused-ring (bicyclic) bond motifs is 1. The number of nitrogens with zero attached hydrogens (tertiary/aromatic N) is 1. The lowest BCUT2D eigenvalue weighted by Crippen LogP contribution is -2.43. The van der Waals surface area contributed by atoms with Crippen LogP contribution in [-0.2, 0) is 6.61 Å². The Morgan fingerprint density at radius 3 is 2.58 bits per heavy atom. The molecule has 3 aromatic carbocycles. The fourth-order valence-corrected chi connectivity index (χ4v) is 3.80. The minimum atomic E-state index is -0.309. The van der Waals surface area contributed by atoms with Crippen molar-refractivity contribution in [2.45, 2.75) is 26.1 Å². The van der Waals surface area contributed by atoms with Crippen molar-refractivity contribution in [2.75, 3.05) is 19.0 Å². The van der Waals surface area contributed by atoms with E-state index < -0.39 is 0 Å². The van der Waals surface area contributed by atoms with Crippen molar-refractivity contribution in [3.8, 4) is 11.5 Å². The molecule has 1 atom stereocenters. The lowest BCUT2D eigenvalue weighted by atomic mass is 10.0. The van der Waals surface area contributed by atoms with Gasteiger partial charge in [0.2, 0.25) is 0 Å². The smallest absolute Gasteiger partial charge is 0.257 e.